The molecule has 0 aromatic rings. The first-order valence-electron chi connectivity index (χ1n) is 4.40. The molecule has 2 atom stereocenters. The van der Waals surface area contributed by atoms with E-state index in [1.54, 1.807) is 0 Å². The lowest BCUT2D eigenvalue weighted by Crippen LogP contribution is -2.51. The molecule has 3 heteroatoms. The monoisotopic (exact) mass is 156 g/mol. The second-order valence-electron chi connectivity index (χ2n) is 3.71. The molecule has 2 fully saturated rings. The van der Waals surface area contributed by atoms with Gasteiger partial charge in [0.1, 0.15) is 6.23 Å². The van der Waals surface area contributed by atoms with Gasteiger partial charge in [-0.1, -0.05) is 0 Å². The van der Waals surface area contributed by atoms with E-state index in [-0.39, 0.29) is 6.23 Å². The Bertz CT molecular complexity index is 151. The molecule has 0 bridgehead atoms. The van der Waals surface area contributed by atoms with Crippen molar-refractivity contribution >= 4 is 0 Å². The molecule has 0 aromatic heterocycles. The van der Waals surface area contributed by atoms with Crippen LogP contribution in [0.15, 0.2) is 0 Å². The molecule has 2 heterocycles. The SMILES string of the molecule is CN1CCN2C(O)CCC2C1. The topological polar surface area (TPSA) is 26.7 Å². The Labute approximate surface area is 67.6 Å². The summed E-state index contributed by atoms with van der Waals surface area (Å²) in [6.07, 6.45) is 2.00. The van der Waals surface area contributed by atoms with Crippen molar-refractivity contribution in [2.24, 2.45) is 0 Å². The van der Waals surface area contributed by atoms with Gasteiger partial charge in [0.15, 0.2) is 0 Å². The van der Waals surface area contributed by atoms with E-state index < -0.39 is 0 Å². The maximum atomic E-state index is 9.52. The third-order valence-electron chi connectivity index (χ3n) is 2.87. The van der Waals surface area contributed by atoms with Gasteiger partial charge in [-0.05, 0) is 19.9 Å². The Hall–Kier alpha value is -0.120. The van der Waals surface area contributed by atoms with Crippen LogP contribution in [0, 0.1) is 0 Å². The van der Waals surface area contributed by atoms with E-state index in [0.717, 1.165) is 26.1 Å². The van der Waals surface area contributed by atoms with Gasteiger partial charge in [0.2, 0.25) is 0 Å². The normalized spacial score (nSPS) is 40.9. The minimum Gasteiger partial charge on any atom is -0.378 e. The molecule has 2 aliphatic rings. The smallest absolute Gasteiger partial charge is 0.107 e. The molecule has 0 saturated carbocycles. The molecule has 64 valence electrons. The highest BCUT2D eigenvalue weighted by atomic mass is 16.3. The van der Waals surface area contributed by atoms with E-state index in [0.29, 0.717) is 6.04 Å². The summed E-state index contributed by atoms with van der Waals surface area (Å²) >= 11 is 0. The molecule has 2 unspecified atom stereocenters. The number of hydrogen-bond donors (Lipinski definition) is 1. The highest BCUT2D eigenvalue weighted by molar-refractivity contribution is 4.87. The van der Waals surface area contributed by atoms with Crippen molar-refractivity contribution in [1.82, 2.24) is 9.80 Å². The summed E-state index contributed by atoms with van der Waals surface area (Å²) in [4.78, 5) is 4.58. The Balaban J connectivity index is 2.00. The lowest BCUT2D eigenvalue weighted by molar-refractivity contribution is -0.0129. The lowest BCUT2D eigenvalue weighted by atomic mass is 10.2. The van der Waals surface area contributed by atoms with Crippen LogP contribution in [0.3, 0.4) is 0 Å². The fourth-order valence-corrected chi connectivity index (χ4v) is 2.18. The predicted octanol–water partition coefficient (Wildman–Crippen LogP) is -0.285. The van der Waals surface area contributed by atoms with Gasteiger partial charge >= 0.3 is 0 Å². The molecule has 2 rings (SSSR count). The average molecular weight is 156 g/mol. The average Bonchev–Trinajstić information content (AvgIpc) is 2.32. The molecular weight excluding hydrogens is 140 g/mol. The summed E-state index contributed by atoms with van der Waals surface area (Å²) in [5.41, 5.74) is 0. The van der Waals surface area contributed by atoms with Crippen molar-refractivity contribution in [1.29, 1.82) is 0 Å². The number of hydrogen-bond acceptors (Lipinski definition) is 3. The first-order chi connectivity index (χ1) is 5.27. The van der Waals surface area contributed by atoms with Crippen LogP contribution in [0.4, 0.5) is 0 Å². The van der Waals surface area contributed by atoms with E-state index >= 15 is 0 Å². The summed E-state index contributed by atoms with van der Waals surface area (Å²) < 4.78 is 0. The van der Waals surface area contributed by atoms with Gasteiger partial charge in [-0.3, -0.25) is 4.90 Å². The number of aliphatic hydroxyl groups is 1. The third-order valence-corrected chi connectivity index (χ3v) is 2.87. The Morgan fingerprint density at radius 3 is 2.91 bits per heavy atom. The molecule has 11 heavy (non-hydrogen) atoms. The largest absolute Gasteiger partial charge is 0.378 e. The molecule has 1 N–H and O–H groups in total. The molecule has 3 nitrogen and oxygen atoms in total. The van der Waals surface area contributed by atoms with Gasteiger partial charge in [-0.25, -0.2) is 0 Å². The number of nitrogens with zero attached hydrogens (tertiary/aromatic N) is 2. The van der Waals surface area contributed by atoms with Crippen LogP contribution in [-0.4, -0.2) is 53.9 Å². The van der Waals surface area contributed by atoms with E-state index in [2.05, 4.69) is 16.8 Å². The van der Waals surface area contributed by atoms with Crippen LogP contribution in [0.25, 0.3) is 0 Å². The molecule has 0 radical (unpaired) electrons. The quantitative estimate of drug-likeness (QED) is 0.522. The van der Waals surface area contributed by atoms with Crippen LogP contribution in [0.1, 0.15) is 12.8 Å². The molecular formula is C8H16N2O. The van der Waals surface area contributed by atoms with E-state index in [1.165, 1.54) is 6.42 Å². The third kappa shape index (κ3) is 1.28. The fraction of sp³-hybridized carbons (Fsp3) is 1.00. The van der Waals surface area contributed by atoms with Gasteiger partial charge in [-0.2, -0.15) is 0 Å². The van der Waals surface area contributed by atoms with Crippen molar-refractivity contribution in [3.8, 4) is 0 Å². The number of fused-ring (bicyclic) bond motifs is 1. The summed E-state index contributed by atoms with van der Waals surface area (Å²) in [5.74, 6) is 0. The zero-order valence-corrected chi connectivity index (χ0v) is 7.03. The summed E-state index contributed by atoms with van der Waals surface area (Å²) in [7, 11) is 2.15. The Kier molecular flexibility index (Phi) is 1.87. The highest BCUT2D eigenvalue weighted by Crippen LogP contribution is 2.24. The molecule has 2 saturated heterocycles. The minimum atomic E-state index is -0.145. The van der Waals surface area contributed by atoms with Gasteiger partial charge in [0.25, 0.3) is 0 Å². The van der Waals surface area contributed by atoms with Gasteiger partial charge < -0.3 is 10.0 Å². The van der Waals surface area contributed by atoms with E-state index in [9.17, 15) is 5.11 Å². The van der Waals surface area contributed by atoms with Crippen LogP contribution in [0.5, 0.6) is 0 Å². The van der Waals surface area contributed by atoms with Gasteiger partial charge in [-0.15, -0.1) is 0 Å². The predicted molar refractivity (Wildman–Crippen MR) is 43.2 cm³/mol. The van der Waals surface area contributed by atoms with Crippen molar-refractivity contribution in [3.05, 3.63) is 0 Å². The summed E-state index contributed by atoms with van der Waals surface area (Å²) in [5, 5.41) is 9.52. The van der Waals surface area contributed by atoms with Gasteiger partial charge in [0.05, 0.1) is 0 Å². The van der Waals surface area contributed by atoms with E-state index in [4.69, 9.17) is 0 Å². The maximum absolute atomic E-state index is 9.52. The van der Waals surface area contributed by atoms with Crippen molar-refractivity contribution in [2.45, 2.75) is 25.1 Å². The molecule has 2 aliphatic heterocycles. The summed E-state index contributed by atoms with van der Waals surface area (Å²) in [6, 6.07) is 0.628. The number of likely N-dealkylation sites (N-methyl/N-ethyl adjacent to an activating group) is 1. The van der Waals surface area contributed by atoms with Crippen LogP contribution in [0.2, 0.25) is 0 Å². The Morgan fingerprint density at radius 2 is 2.09 bits per heavy atom. The minimum absolute atomic E-state index is 0.145. The molecule has 0 aliphatic carbocycles. The number of rotatable bonds is 0. The number of piperazine rings is 1. The maximum Gasteiger partial charge on any atom is 0.107 e. The second kappa shape index (κ2) is 2.73. The van der Waals surface area contributed by atoms with E-state index in [1.807, 2.05) is 0 Å². The van der Waals surface area contributed by atoms with Crippen molar-refractivity contribution < 1.29 is 5.11 Å². The highest BCUT2D eigenvalue weighted by Gasteiger charge is 2.34. The zero-order valence-electron chi connectivity index (χ0n) is 7.03. The molecule has 0 aromatic carbocycles. The first-order valence-corrected chi connectivity index (χ1v) is 4.40. The fourth-order valence-electron chi connectivity index (χ4n) is 2.18. The van der Waals surface area contributed by atoms with Crippen LogP contribution < -0.4 is 0 Å². The second-order valence-corrected chi connectivity index (χ2v) is 3.71. The van der Waals surface area contributed by atoms with Crippen molar-refractivity contribution in [3.63, 3.8) is 0 Å². The van der Waals surface area contributed by atoms with Gasteiger partial charge in [0, 0.05) is 25.7 Å². The molecule has 0 amide bonds. The zero-order chi connectivity index (χ0) is 7.84. The standard InChI is InChI=1S/C8H16N2O/c1-9-4-5-10-7(6-9)2-3-8(10)11/h7-8,11H,2-6H2,1H3. The van der Waals surface area contributed by atoms with Crippen LogP contribution in [-0.2, 0) is 0 Å². The molecule has 0 spiro atoms. The summed E-state index contributed by atoms with van der Waals surface area (Å²) in [6.45, 7) is 3.28. The Morgan fingerprint density at radius 1 is 1.27 bits per heavy atom. The first kappa shape index (κ1) is 7.53. The number of aliphatic hydroxyl groups excluding tert-OH is 1. The van der Waals surface area contributed by atoms with Crippen molar-refractivity contribution in [2.75, 3.05) is 26.7 Å². The van der Waals surface area contributed by atoms with Crippen LogP contribution >= 0.6 is 0 Å². The lowest BCUT2D eigenvalue weighted by Gasteiger charge is -2.36.